The molecule has 3 rings (SSSR count). The van der Waals surface area contributed by atoms with Crippen LogP contribution in [0.4, 0.5) is 0 Å². The third-order valence-electron chi connectivity index (χ3n) is 2.91. The summed E-state index contributed by atoms with van der Waals surface area (Å²) in [5.41, 5.74) is 0.768. The minimum atomic E-state index is -3.63. The molecule has 0 bridgehead atoms. The molecular formula is C13H11ClN2O4S. The lowest BCUT2D eigenvalue weighted by molar-refractivity contribution is 0.174. The molecule has 2 heterocycles. The van der Waals surface area contributed by atoms with E-state index in [9.17, 15) is 8.42 Å². The maximum Gasteiger partial charge on any atom is 0.242 e. The summed E-state index contributed by atoms with van der Waals surface area (Å²) >= 11 is 5.64. The van der Waals surface area contributed by atoms with E-state index in [0.717, 1.165) is 5.56 Å². The van der Waals surface area contributed by atoms with Gasteiger partial charge in [-0.1, -0.05) is 17.7 Å². The highest BCUT2D eigenvalue weighted by atomic mass is 35.5. The molecule has 21 heavy (non-hydrogen) atoms. The second-order valence-corrected chi connectivity index (χ2v) is 6.48. The van der Waals surface area contributed by atoms with Gasteiger partial charge in [-0.25, -0.2) is 18.1 Å². The smallest absolute Gasteiger partial charge is 0.242 e. The molecule has 0 saturated heterocycles. The number of rotatable bonds is 4. The largest absolute Gasteiger partial charge is 0.454 e. The number of ether oxygens (including phenoxy) is 2. The minimum Gasteiger partial charge on any atom is -0.454 e. The molecule has 0 aliphatic carbocycles. The molecule has 0 unspecified atom stereocenters. The second-order valence-electron chi connectivity index (χ2n) is 4.33. The topological polar surface area (TPSA) is 77.5 Å². The van der Waals surface area contributed by atoms with Crippen molar-refractivity contribution in [1.29, 1.82) is 0 Å². The number of nitrogens with zero attached hydrogens (tertiary/aromatic N) is 1. The van der Waals surface area contributed by atoms with Crippen molar-refractivity contribution in [2.75, 3.05) is 6.79 Å². The molecule has 1 aliphatic rings. The van der Waals surface area contributed by atoms with Crippen LogP contribution in [0.3, 0.4) is 0 Å². The van der Waals surface area contributed by atoms with Crippen LogP contribution in [0.25, 0.3) is 0 Å². The van der Waals surface area contributed by atoms with Crippen molar-refractivity contribution in [2.45, 2.75) is 11.4 Å². The van der Waals surface area contributed by atoms with E-state index >= 15 is 0 Å². The fraction of sp³-hybridized carbons (Fsp3) is 0.154. The summed E-state index contributed by atoms with van der Waals surface area (Å²) in [6.07, 6.45) is 1.21. The first-order valence-corrected chi connectivity index (χ1v) is 7.90. The highest BCUT2D eigenvalue weighted by Crippen LogP contribution is 2.32. The molecule has 2 aromatic rings. The van der Waals surface area contributed by atoms with Crippen molar-refractivity contribution in [3.63, 3.8) is 0 Å². The number of halogens is 1. The number of pyridine rings is 1. The Balaban J connectivity index is 1.73. The van der Waals surface area contributed by atoms with Crippen molar-refractivity contribution in [1.82, 2.24) is 9.71 Å². The quantitative estimate of drug-likeness (QED) is 0.869. The molecule has 0 fully saturated rings. The zero-order valence-electron chi connectivity index (χ0n) is 10.7. The molecule has 8 heteroatoms. The van der Waals surface area contributed by atoms with Crippen LogP contribution in [-0.2, 0) is 16.6 Å². The summed E-state index contributed by atoms with van der Waals surface area (Å²) < 4.78 is 37.1. The molecule has 1 aromatic carbocycles. The average Bonchev–Trinajstić information content (AvgIpc) is 2.93. The average molecular weight is 327 g/mol. The van der Waals surface area contributed by atoms with Gasteiger partial charge in [0, 0.05) is 12.7 Å². The lowest BCUT2D eigenvalue weighted by Crippen LogP contribution is -2.23. The van der Waals surface area contributed by atoms with E-state index < -0.39 is 10.0 Å². The van der Waals surface area contributed by atoms with Crippen molar-refractivity contribution >= 4 is 21.6 Å². The van der Waals surface area contributed by atoms with Gasteiger partial charge in [0.2, 0.25) is 16.8 Å². The summed E-state index contributed by atoms with van der Waals surface area (Å²) in [4.78, 5) is 3.82. The van der Waals surface area contributed by atoms with Gasteiger partial charge in [-0.05, 0) is 29.8 Å². The first-order chi connectivity index (χ1) is 10.0. The van der Waals surface area contributed by atoms with Crippen LogP contribution in [-0.4, -0.2) is 20.2 Å². The van der Waals surface area contributed by atoms with Gasteiger partial charge in [-0.2, -0.15) is 0 Å². The second kappa shape index (κ2) is 5.51. The van der Waals surface area contributed by atoms with E-state index in [4.69, 9.17) is 21.1 Å². The van der Waals surface area contributed by atoms with E-state index in [1.165, 1.54) is 18.3 Å². The Labute approximate surface area is 126 Å². The minimum absolute atomic E-state index is 0.0626. The highest BCUT2D eigenvalue weighted by molar-refractivity contribution is 7.89. The molecule has 110 valence electrons. The van der Waals surface area contributed by atoms with Gasteiger partial charge < -0.3 is 9.47 Å². The summed E-state index contributed by atoms with van der Waals surface area (Å²) in [5.74, 6) is 1.27. The molecule has 1 N–H and O–H groups in total. The highest BCUT2D eigenvalue weighted by Gasteiger charge is 2.16. The molecule has 1 aromatic heterocycles. The van der Waals surface area contributed by atoms with E-state index in [1.54, 1.807) is 18.2 Å². The molecule has 0 saturated carbocycles. The number of sulfonamides is 1. The van der Waals surface area contributed by atoms with Gasteiger partial charge in [-0.3, -0.25) is 0 Å². The molecule has 0 spiro atoms. The first-order valence-electron chi connectivity index (χ1n) is 6.04. The van der Waals surface area contributed by atoms with E-state index in [2.05, 4.69) is 9.71 Å². The van der Waals surface area contributed by atoms with Gasteiger partial charge in [0.15, 0.2) is 11.5 Å². The van der Waals surface area contributed by atoms with E-state index in [-0.39, 0.29) is 23.4 Å². The van der Waals surface area contributed by atoms with Crippen molar-refractivity contribution in [2.24, 2.45) is 0 Å². The van der Waals surface area contributed by atoms with Gasteiger partial charge >= 0.3 is 0 Å². The fourth-order valence-corrected chi connectivity index (χ4v) is 2.91. The Kier molecular flexibility index (Phi) is 3.71. The zero-order valence-corrected chi connectivity index (χ0v) is 12.3. The zero-order chi connectivity index (χ0) is 14.9. The molecule has 0 amide bonds. The maximum atomic E-state index is 12.1. The van der Waals surface area contributed by atoms with E-state index in [0.29, 0.717) is 11.5 Å². The molecular weight excluding hydrogens is 316 g/mol. The van der Waals surface area contributed by atoms with Crippen LogP contribution in [0.1, 0.15) is 5.56 Å². The van der Waals surface area contributed by atoms with E-state index in [1.807, 2.05) is 0 Å². The van der Waals surface area contributed by atoms with Gasteiger partial charge in [-0.15, -0.1) is 0 Å². The molecule has 0 atom stereocenters. The Hall–Kier alpha value is -1.83. The molecule has 1 aliphatic heterocycles. The van der Waals surface area contributed by atoms with Gasteiger partial charge in [0.1, 0.15) is 10.0 Å². The van der Waals surface area contributed by atoms with Crippen LogP contribution in [0, 0.1) is 0 Å². The first kappa shape index (κ1) is 14.1. The fourth-order valence-electron chi connectivity index (χ4n) is 1.83. The number of aromatic nitrogens is 1. The number of hydrogen-bond donors (Lipinski definition) is 1. The number of hydrogen-bond acceptors (Lipinski definition) is 5. The molecule has 0 radical (unpaired) electrons. The normalized spacial score (nSPS) is 13.4. The predicted molar refractivity (Wildman–Crippen MR) is 75.8 cm³/mol. The lowest BCUT2D eigenvalue weighted by atomic mass is 10.2. The summed E-state index contributed by atoms with van der Waals surface area (Å²) in [6.45, 7) is 0.322. The van der Waals surface area contributed by atoms with Crippen LogP contribution < -0.4 is 14.2 Å². The number of fused-ring (bicyclic) bond motifs is 1. The Morgan fingerprint density at radius 2 is 2.00 bits per heavy atom. The lowest BCUT2D eigenvalue weighted by Gasteiger charge is -2.07. The van der Waals surface area contributed by atoms with Crippen LogP contribution >= 0.6 is 11.6 Å². The summed E-state index contributed by atoms with van der Waals surface area (Å²) in [5, 5.41) is 0.240. The Morgan fingerprint density at radius 3 is 2.76 bits per heavy atom. The van der Waals surface area contributed by atoms with Crippen molar-refractivity contribution in [3.8, 4) is 11.5 Å². The monoisotopic (exact) mass is 326 g/mol. The van der Waals surface area contributed by atoms with Crippen LogP contribution in [0.2, 0.25) is 5.15 Å². The van der Waals surface area contributed by atoms with Gasteiger partial charge in [0.05, 0.1) is 0 Å². The number of nitrogens with one attached hydrogen (secondary N) is 1. The summed E-state index contributed by atoms with van der Waals surface area (Å²) in [6, 6.07) is 8.09. The Morgan fingerprint density at radius 1 is 1.19 bits per heavy atom. The molecule has 6 nitrogen and oxygen atoms in total. The maximum absolute atomic E-state index is 12.1. The van der Waals surface area contributed by atoms with Crippen molar-refractivity contribution in [3.05, 3.63) is 47.2 Å². The third kappa shape index (κ3) is 3.10. The van der Waals surface area contributed by atoms with Crippen LogP contribution in [0.5, 0.6) is 11.5 Å². The number of benzene rings is 1. The predicted octanol–water partition coefficient (Wildman–Crippen LogP) is 1.94. The third-order valence-corrected chi connectivity index (χ3v) is 4.52. The van der Waals surface area contributed by atoms with Crippen LogP contribution in [0.15, 0.2) is 41.4 Å². The van der Waals surface area contributed by atoms with Crippen molar-refractivity contribution < 1.29 is 17.9 Å². The SMILES string of the molecule is O=S(=O)(NCc1ccc2c(c1)OCO2)c1ccc(Cl)nc1. The Bertz CT molecular complexity index is 762. The summed E-state index contributed by atoms with van der Waals surface area (Å²) in [7, 11) is -3.63. The standard InChI is InChI=1S/C13H11ClN2O4S/c14-13-4-2-10(7-15-13)21(17,18)16-6-9-1-3-11-12(5-9)20-8-19-11/h1-5,7,16H,6,8H2. The van der Waals surface area contributed by atoms with Gasteiger partial charge in [0.25, 0.3) is 0 Å².